The zero-order valence-electron chi connectivity index (χ0n) is 22.7. The van der Waals surface area contributed by atoms with E-state index in [4.69, 9.17) is 27.9 Å². The molecule has 0 fully saturated rings. The molecule has 10 heteroatoms. The Bertz CT molecular complexity index is 1630. The third-order valence-corrected chi connectivity index (χ3v) is 7.83. The number of anilines is 2. The molecule has 1 unspecified atom stereocenters. The molecular weight excluding hydrogens is 593 g/mol. The number of nitrogens with one attached hydrogen (secondary N) is 3. The van der Waals surface area contributed by atoms with Crippen LogP contribution >= 0.6 is 35.0 Å². The Balaban J connectivity index is 1.50. The van der Waals surface area contributed by atoms with Crippen LogP contribution in [0.2, 0.25) is 10.0 Å². The van der Waals surface area contributed by atoms with E-state index in [1.54, 1.807) is 111 Å². The number of ether oxygens (including phenoxy) is 1. The first-order chi connectivity index (χ1) is 20.2. The van der Waals surface area contributed by atoms with E-state index in [0.29, 0.717) is 33.3 Å². The van der Waals surface area contributed by atoms with E-state index in [9.17, 15) is 14.4 Å². The largest absolute Gasteiger partial charge is 0.497 e. The van der Waals surface area contributed by atoms with Gasteiger partial charge in [-0.1, -0.05) is 65.7 Å². The van der Waals surface area contributed by atoms with Crippen molar-refractivity contribution in [2.45, 2.75) is 17.1 Å². The molecule has 0 radical (unpaired) electrons. The maximum atomic E-state index is 13.4. The van der Waals surface area contributed by atoms with Gasteiger partial charge in [0.15, 0.2) is 0 Å². The highest BCUT2D eigenvalue weighted by Gasteiger charge is 2.18. The van der Waals surface area contributed by atoms with Crippen LogP contribution < -0.4 is 20.7 Å². The van der Waals surface area contributed by atoms with Gasteiger partial charge in [0.05, 0.1) is 28.1 Å². The van der Waals surface area contributed by atoms with Crippen molar-refractivity contribution in [3.8, 4) is 5.75 Å². The molecule has 214 valence electrons. The van der Waals surface area contributed by atoms with Crippen molar-refractivity contribution in [3.05, 3.63) is 124 Å². The van der Waals surface area contributed by atoms with Gasteiger partial charge in [0, 0.05) is 16.1 Å². The molecule has 3 amide bonds. The summed E-state index contributed by atoms with van der Waals surface area (Å²) < 4.78 is 5.29. The summed E-state index contributed by atoms with van der Waals surface area (Å²) in [6, 6.07) is 27.8. The summed E-state index contributed by atoms with van der Waals surface area (Å²) in [6.07, 6.45) is 1.57. The number of carbonyl (C=O) groups excluding carboxylic acids is 3. The molecule has 42 heavy (non-hydrogen) atoms. The molecule has 7 nitrogen and oxygen atoms in total. The van der Waals surface area contributed by atoms with Gasteiger partial charge in [-0.05, 0) is 73.2 Å². The van der Waals surface area contributed by atoms with Crippen molar-refractivity contribution >= 4 is 70.1 Å². The SMILES string of the molecule is COc1cccc(/C=C(\NC(=O)c2ccccc2)C(=O)Nc2cccc(SC(C)C(=O)Nc3cccc(Cl)c3Cl)c2)c1. The third kappa shape index (κ3) is 8.39. The number of thioether (sulfide) groups is 1. The molecule has 0 spiro atoms. The van der Waals surface area contributed by atoms with Crippen LogP contribution in [0, 0.1) is 0 Å². The molecule has 0 aliphatic heterocycles. The normalized spacial score (nSPS) is 11.8. The number of carbonyl (C=O) groups is 3. The molecule has 0 aliphatic carbocycles. The number of hydrogen-bond donors (Lipinski definition) is 3. The van der Waals surface area contributed by atoms with E-state index in [2.05, 4.69) is 16.0 Å². The lowest BCUT2D eigenvalue weighted by Gasteiger charge is -2.15. The highest BCUT2D eigenvalue weighted by atomic mass is 35.5. The van der Waals surface area contributed by atoms with E-state index < -0.39 is 17.1 Å². The maximum absolute atomic E-state index is 13.4. The Morgan fingerprint density at radius 1 is 0.857 bits per heavy atom. The Labute approximate surface area is 258 Å². The first-order valence-corrected chi connectivity index (χ1v) is 14.4. The van der Waals surface area contributed by atoms with Crippen LogP contribution in [-0.2, 0) is 9.59 Å². The molecule has 0 aliphatic rings. The molecule has 1 atom stereocenters. The van der Waals surface area contributed by atoms with Gasteiger partial charge in [0.1, 0.15) is 11.4 Å². The quantitative estimate of drug-likeness (QED) is 0.126. The molecular formula is C32H27Cl2N3O4S. The van der Waals surface area contributed by atoms with Gasteiger partial charge >= 0.3 is 0 Å². The number of amides is 3. The second kappa shape index (κ2) is 14.6. The van der Waals surface area contributed by atoms with Gasteiger partial charge in [0.25, 0.3) is 11.8 Å². The van der Waals surface area contributed by atoms with Crippen LogP contribution in [0.1, 0.15) is 22.8 Å². The molecule has 4 aromatic carbocycles. The first-order valence-electron chi connectivity index (χ1n) is 12.8. The Kier molecular flexibility index (Phi) is 10.7. The average Bonchev–Trinajstić information content (AvgIpc) is 2.99. The van der Waals surface area contributed by atoms with E-state index in [1.807, 2.05) is 6.07 Å². The molecule has 0 heterocycles. The summed E-state index contributed by atoms with van der Waals surface area (Å²) in [7, 11) is 1.55. The van der Waals surface area contributed by atoms with Crippen LogP contribution in [0.5, 0.6) is 5.75 Å². The number of methoxy groups -OCH3 is 1. The molecule has 0 saturated heterocycles. The second-order valence-electron chi connectivity index (χ2n) is 8.99. The topological polar surface area (TPSA) is 96.5 Å². The number of hydrogen-bond acceptors (Lipinski definition) is 5. The molecule has 0 saturated carbocycles. The summed E-state index contributed by atoms with van der Waals surface area (Å²) in [5.41, 5.74) is 2.03. The van der Waals surface area contributed by atoms with Crippen LogP contribution in [0.3, 0.4) is 0 Å². The zero-order valence-corrected chi connectivity index (χ0v) is 25.0. The summed E-state index contributed by atoms with van der Waals surface area (Å²) in [5, 5.41) is 8.49. The van der Waals surface area contributed by atoms with Gasteiger partial charge in [-0.3, -0.25) is 14.4 Å². The highest BCUT2D eigenvalue weighted by molar-refractivity contribution is 8.00. The fraction of sp³-hybridized carbons (Fsp3) is 0.0938. The molecule has 3 N–H and O–H groups in total. The van der Waals surface area contributed by atoms with Gasteiger partial charge in [-0.25, -0.2) is 0 Å². The number of rotatable bonds is 10. The van der Waals surface area contributed by atoms with Gasteiger partial charge in [-0.2, -0.15) is 0 Å². The first kappa shape index (κ1) is 30.7. The lowest BCUT2D eigenvalue weighted by molar-refractivity contribution is -0.115. The predicted molar refractivity (Wildman–Crippen MR) is 170 cm³/mol. The third-order valence-electron chi connectivity index (χ3n) is 5.92. The van der Waals surface area contributed by atoms with Crippen LogP contribution in [-0.4, -0.2) is 30.1 Å². The number of benzene rings is 4. The summed E-state index contributed by atoms with van der Waals surface area (Å²) in [5.74, 6) is -0.598. The standard InChI is InChI=1S/C32H27Cl2N3O4S/c1-20(30(38)36-27-16-8-15-26(33)29(27)34)42-25-14-7-12-23(19-25)35-32(40)28(18-21-9-6-13-24(17-21)41-2)37-31(39)22-10-4-3-5-11-22/h3-20H,1-2H3,(H,35,40)(H,36,38)(H,37,39)/b28-18-. The highest BCUT2D eigenvalue weighted by Crippen LogP contribution is 2.31. The Morgan fingerprint density at radius 3 is 2.36 bits per heavy atom. The fourth-order valence-electron chi connectivity index (χ4n) is 3.78. The maximum Gasteiger partial charge on any atom is 0.272 e. The lowest BCUT2D eigenvalue weighted by Crippen LogP contribution is -2.30. The smallest absolute Gasteiger partial charge is 0.272 e. The Hall–Kier alpha value is -4.24. The molecule has 0 bridgehead atoms. The van der Waals surface area contributed by atoms with Crippen LogP contribution in [0.15, 0.2) is 108 Å². The minimum absolute atomic E-state index is 0.0429. The van der Waals surface area contributed by atoms with Gasteiger partial charge in [-0.15, -0.1) is 11.8 Å². The monoisotopic (exact) mass is 619 g/mol. The molecule has 4 rings (SSSR count). The predicted octanol–water partition coefficient (Wildman–Crippen LogP) is 7.53. The second-order valence-corrected chi connectivity index (χ2v) is 11.2. The van der Waals surface area contributed by atoms with E-state index in [0.717, 1.165) is 4.90 Å². The van der Waals surface area contributed by atoms with Gasteiger partial charge in [0.2, 0.25) is 5.91 Å². The van der Waals surface area contributed by atoms with Crippen molar-refractivity contribution in [2.75, 3.05) is 17.7 Å². The van der Waals surface area contributed by atoms with E-state index >= 15 is 0 Å². The van der Waals surface area contributed by atoms with Crippen molar-refractivity contribution in [3.63, 3.8) is 0 Å². The lowest BCUT2D eigenvalue weighted by atomic mass is 10.1. The summed E-state index contributed by atoms with van der Waals surface area (Å²) >= 11 is 13.6. The minimum Gasteiger partial charge on any atom is -0.497 e. The van der Waals surface area contributed by atoms with Crippen LogP contribution in [0.4, 0.5) is 11.4 Å². The number of halogens is 2. The zero-order chi connectivity index (χ0) is 30.1. The van der Waals surface area contributed by atoms with Crippen molar-refractivity contribution in [1.29, 1.82) is 0 Å². The summed E-state index contributed by atoms with van der Waals surface area (Å²) in [6.45, 7) is 1.76. The van der Waals surface area contributed by atoms with Crippen molar-refractivity contribution in [1.82, 2.24) is 5.32 Å². The average molecular weight is 621 g/mol. The van der Waals surface area contributed by atoms with Crippen molar-refractivity contribution < 1.29 is 19.1 Å². The minimum atomic E-state index is -0.523. The molecule has 0 aromatic heterocycles. The van der Waals surface area contributed by atoms with E-state index in [-0.39, 0.29) is 16.6 Å². The van der Waals surface area contributed by atoms with Gasteiger partial charge < -0.3 is 20.7 Å². The summed E-state index contributed by atoms with van der Waals surface area (Å²) in [4.78, 5) is 39.9. The van der Waals surface area contributed by atoms with E-state index in [1.165, 1.54) is 11.8 Å². The molecule has 4 aromatic rings. The Morgan fingerprint density at radius 2 is 1.60 bits per heavy atom. The van der Waals surface area contributed by atoms with Crippen molar-refractivity contribution in [2.24, 2.45) is 0 Å². The van der Waals surface area contributed by atoms with Crippen LogP contribution in [0.25, 0.3) is 6.08 Å². The fourth-order valence-corrected chi connectivity index (χ4v) is 5.05.